The summed E-state index contributed by atoms with van der Waals surface area (Å²) < 4.78 is 0. The second kappa shape index (κ2) is 8.92. The summed E-state index contributed by atoms with van der Waals surface area (Å²) in [6, 6.07) is 10.6. The van der Waals surface area contributed by atoms with Gasteiger partial charge in [-0.15, -0.1) is 11.3 Å². The summed E-state index contributed by atoms with van der Waals surface area (Å²) in [5.74, 6) is 0.0450. The predicted octanol–water partition coefficient (Wildman–Crippen LogP) is 2.74. The number of rotatable bonds is 6. The smallest absolute Gasteiger partial charge is 0.264 e. The third-order valence-electron chi connectivity index (χ3n) is 4.62. The van der Waals surface area contributed by atoms with Crippen LogP contribution in [0.2, 0.25) is 0 Å². The van der Waals surface area contributed by atoms with E-state index < -0.39 is 0 Å². The van der Waals surface area contributed by atoms with Crippen LogP contribution >= 0.6 is 11.3 Å². The molecule has 142 valence electrons. The molecule has 0 atom stereocenters. The standard InChI is InChI=1S/C20H23N3O3S/c1-15(24)16-4-6-17(7-5-16)21-19(25)8-9-22-10-12-23(13-11-22)20(26)18-3-2-14-27-18/h2-7,14H,8-13H2,1H3,(H,21,25). The number of carbonyl (C=O) groups excluding carboxylic acids is 3. The van der Waals surface area contributed by atoms with E-state index in [1.54, 1.807) is 24.3 Å². The van der Waals surface area contributed by atoms with Gasteiger partial charge in [0.1, 0.15) is 0 Å². The molecule has 2 aromatic rings. The molecule has 3 rings (SSSR count). The van der Waals surface area contributed by atoms with Crippen molar-refractivity contribution in [1.29, 1.82) is 0 Å². The number of Topliss-reactive ketones (excluding diaryl/α,β-unsaturated/α-hetero) is 1. The maximum Gasteiger partial charge on any atom is 0.264 e. The summed E-state index contributed by atoms with van der Waals surface area (Å²) in [6.45, 7) is 5.10. The van der Waals surface area contributed by atoms with Crippen LogP contribution in [-0.4, -0.2) is 60.1 Å². The van der Waals surface area contributed by atoms with E-state index in [2.05, 4.69) is 10.2 Å². The first-order chi connectivity index (χ1) is 13.0. The van der Waals surface area contributed by atoms with Crippen LogP contribution < -0.4 is 5.32 Å². The fourth-order valence-electron chi connectivity index (χ4n) is 3.00. The lowest BCUT2D eigenvalue weighted by Crippen LogP contribution is -2.49. The third-order valence-corrected chi connectivity index (χ3v) is 5.48. The van der Waals surface area contributed by atoms with Crippen LogP contribution in [-0.2, 0) is 4.79 Å². The van der Waals surface area contributed by atoms with Crippen molar-refractivity contribution in [2.45, 2.75) is 13.3 Å². The summed E-state index contributed by atoms with van der Waals surface area (Å²) in [7, 11) is 0. The fourth-order valence-corrected chi connectivity index (χ4v) is 3.69. The zero-order valence-electron chi connectivity index (χ0n) is 15.3. The van der Waals surface area contributed by atoms with Crippen LogP contribution in [0.5, 0.6) is 0 Å². The van der Waals surface area contributed by atoms with E-state index in [1.165, 1.54) is 18.3 Å². The average Bonchev–Trinajstić information content (AvgIpc) is 3.21. The van der Waals surface area contributed by atoms with Crippen molar-refractivity contribution in [1.82, 2.24) is 9.80 Å². The van der Waals surface area contributed by atoms with Crippen LogP contribution in [0, 0.1) is 0 Å². The molecule has 0 unspecified atom stereocenters. The monoisotopic (exact) mass is 385 g/mol. The summed E-state index contributed by atoms with van der Waals surface area (Å²) in [5.41, 5.74) is 1.32. The molecule has 2 heterocycles. The minimum absolute atomic E-state index is 0.00424. The normalized spacial score (nSPS) is 14.8. The molecule has 0 spiro atoms. The molecule has 0 saturated carbocycles. The first-order valence-corrected chi connectivity index (χ1v) is 9.87. The quantitative estimate of drug-likeness (QED) is 0.777. The summed E-state index contributed by atoms with van der Waals surface area (Å²) in [4.78, 5) is 40.6. The summed E-state index contributed by atoms with van der Waals surface area (Å²) in [5, 5.41) is 4.77. The van der Waals surface area contributed by atoms with Gasteiger partial charge in [-0.25, -0.2) is 0 Å². The molecule has 2 amide bonds. The average molecular weight is 385 g/mol. The Hall–Kier alpha value is -2.51. The summed E-state index contributed by atoms with van der Waals surface area (Å²) in [6.07, 6.45) is 0.396. The van der Waals surface area contributed by atoms with Crippen molar-refractivity contribution >= 4 is 34.6 Å². The Bertz CT molecular complexity index is 794. The molecule has 1 N–H and O–H groups in total. The number of benzene rings is 1. The number of piperazine rings is 1. The Kier molecular flexibility index (Phi) is 6.36. The van der Waals surface area contributed by atoms with E-state index in [0.717, 1.165) is 18.0 Å². The number of carbonyl (C=O) groups is 3. The second-order valence-electron chi connectivity index (χ2n) is 6.54. The summed E-state index contributed by atoms with van der Waals surface area (Å²) >= 11 is 1.47. The van der Waals surface area contributed by atoms with Gasteiger partial charge in [0.05, 0.1) is 4.88 Å². The van der Waals surface area contributed by atoms with Gasteiger partial charge in [0.2, 0.25) is 5.91 Å². The van der Waals surface area contributed by atoms with Gasteiger partial charge in [-0.05, 0) is 42.6 Å². The lowest BCUT2D eigenvalue weighted by molar-refractivity contribution is -0.116. The van der Waals surface area contributed by atoms with Crippen molar-refractivity contribution in [3.63, 3.8) is 0 Å². The molecule has 1 aromatic carbocycles. The van der Waals surface area contributed by atoms with Crippen LogP contribution in [0.25, 0.3) is 0 Å². The number of amides is 2. The number of nitrogens with zero attached hydrogens (tertiary/aromatic N) is 2. The Balaban J connectivity index is 1.40. The Morgan fingerprint density at radius 2 is 1.74 bits per heavy atom. The largest absolute Gasteiger partial charge is 0.335 e. The number of hydrogen-bond acceptors (Lipinski definition) is 5. The minimum Gasteiger partial charge on any atom is -0.335 e. The highest BCUT2D eigenvalue weighted by molar-refractivity contribution is 7.12. The van der Waals surface area contributed by atoms with Crippen molar-refractivity contribution in [2.75, 3.05) is 38.0 Å². The zero-order valence-corrected chi connectivity index (χ0v) is 16.1. The predicted molar refractivity (Wildman–Crippen MR) is 106 cm³/mol. The van der Waals surface area contributed by atoms with Crippen LogP contribution in [0.1, 0.15) is 33.4 Å². The Labute approximate surface area is 162 Å². The molecule has 0 aliphatic carbocycles. The SMILES string of the molecule is CC(=O)c1ccc(NC(=O)CCN2CCN(C(=O)c3cccs3)CC2)cc1. The highest BCUT2D eigenvalue weighted by Crippen LogP contribution is 2.14. The first kappa shape index (κ1) is 19.3. The van der Waals surface area contributed by atoms with Gasteiger partial charge in [0.25, 0.3) is 5.91 Å². The minimum atomic E-state index is -0.0531. The van der Waals surface area contributed by atoms with E-state index in [1.807, 2.05) is 22.4 Å². The lowest BCUT2D eigenvalue weighted by Gasteiger charge is -2.34. The number of thiophene rings is 1. The van der Waals surface area contributed by atoms with Crippen molar-refractivity contribution < 1.29 is 14.4 Å². The molecule has 1 aromatic heterocycles. The molecular formula is C20H23N3O3S. The van der Waals surface area contributed by atoms with Crippen LogP contribution in [0.3, 0.4) is 0 Å². The van der Waals surface area contributed by atoms with Crippen molar-refractivity contribution in [3.8, 4) is 0 Å². The van der Waals surface area contributed by atoms with Crippen molar-refractivity contribution in [3.05, 3.63) is 52.2 Å². The van der Waals surface area contributed by atoms with Gasteiger partial charge < -0.3 is 10.2 Å². The molecule has 1 aliphatic heterocycles. The number of nitrogens with one attached hydrogen (secondary N) is 1. The maximum absolute atomic E-state index is 12.3. The highest BCUT2D eigenvalue weighted by atomic mass is 32.1. The Morgan fingerprint density at radius 3 is 2.33 bits per heavy atom. The zero-order chi connectivity index (χ0) is 19.2. The molecule has 7 heteroatoms. The van der Waals surface area contributed by atoms with Gasteiger partial charge in [0, 0.05) is 50.4 Å². The van der Waals surface area contributed by atoms with Gasteiger partial charge in [-0.3, -0.25) is 19.3 Å². The number of anilines is 1. The topological polar surface area (TPSA) is 69.7 Å². The Morgan fingerprint density at radius 1 is 1.04 bits per heavy atom. The molecule has 6 nitrogen and oxygen atoms in total. The van der Waals surface area contributed by atoms with Gasteiger partial charge in [-0.1, -0.05) is 6.07 Å². The van der Waals surface area contributed by atoms with E-state index >= 15 is 0 Å². The number of ketones is 1. The van der Waals surface area contributed by atoms with E-state index in [0.29, 0.717) is 37.3 Å². The maximum atomic E-state index is 12.3. The van der Waals surface area contributed by atoms with Gasteiger partial charge >= 0.3 is 0 Å². The molecule has 0 bridgehead atoms. The first-order valence-electron chi connectivity index (χ1n) is 8.99. The molecular weight excluding hydrogens is 362 g/mol. The van der Waals surface area contributed by atoms with Crippen LogP contribution in [0.4, 0.5) is 5.69 Å². The van der Waals surface area contributed by atoms with Crippen LogP contribution in [0.15, 0.2) is 41.8 Å². The molecule has 1 fully saturated rings. The van der Waals surface area contributed by atoms with E-state index in [-0.39, 0.29) is 17.6 Å². The highest BCUT2D eigenvalue weighted by Gasteiger charge is 2.22. The lowest BCUT2D eigenvalue weighted by atomic mass is 10.1. The second-order valence-corrected chi connectivity index (χ2v) is 7.49. The number of hydrogen-bond donors (Lipinski definition) is 1. The van der Waals surface area contributed by atoms with Gasteiger partial charge in [-0.2, -0.15) is 0 Å². The molecule has 0 radical (unpaired) electrons. The van der Waals surface area contributed by atoms with Gasteiger partial charge in [0.15, 0.2) is 5.78 Å². The molecule has 1 saturated heterocycles. The molecule has 1 aliphatic rings. The third kappa shape index (κ3) is 5.24. The fraction of sp³-hybridized carbons (Fsp3) is 0.350. The van der Waals surface area contributed by atoms with E-state index in [9.17, 15) is 14.4 Å². The molecule has 27 heavy (non-hydrogen) atoms. The van der Waals surface area contributed by atoms with Crippen molar-refractivity contribution in [2.24, 2.45) is 0 Å². The van der Waals surface area contributed by atoms with E-state index in [4.69, 9.17) is 0 Å².